The molecule has 102 valence electrons. The maximum absolute atomic E-state index is 6.05. The fourth-order valence-corrected chi connectivity index (χ4v) is 2.18. The molecule has 2 rings (SSSR count). The van der Waals surface area contributed by atoms with E-state index in [-0.39, 0.29) is 6.04 Å². The fraction of sp³-hybridized carbons (Fsp3) is 0.308. The molecule has 0 aliphatic heterocycles. The number of nitrogens with zero attached hydrogens (tertiary/aromatic N) is 2. The van der Waals surface area contributed by atoms with Gasteiger partial charge in [0.2, 0.25) is 0 Å². The van der Waals surface area contributed by atoms with Crippen molar-refractivity contribution in [3.63, 3.8) is 0 Å². The minimum absolute atomic E-state index is 0.214. The van der Waals surface area contributed by atoms with Gasteiger partial charge in [0.05, 0.1) is 19.3 Å². The third-order valence-electron chi connectivity index (χ3n) is 2.98. The molecule has 0 bridgehead atoms. The third kappa shape index (κ3) is 2.89. The molecule has 1 aromatic heterocycles. The number of ether oxygens (including phenoxy) is 1. The number of hydrogen-bond donors (Lipinski definition) is 2. The lowest BCUT2D eigenvalue weighted by atomic mass is 10.0. The number of hydrogen-bond acceptors (Lipinski definition) is 4. The molecular weight excluding hydrogens is 264 g/mol. The zero-order chi connectivity index (χ0) is 13.8. The molecule has 0 spiro atoms. The van der Waals surface area contributed by atoms with Crippen molar-refractivity contribution in [1.29, 1.82) is 0 Å². The van der Waals surface area contributed by atoms with Gasteiger partial charge in [-0.3, -0.25) is 10.5 Å². The molecule has 0 saturated heterocycles. The van der Waals surface area contributed by atoms with Gasteiger partial charge in [-0.25, -0.2) is 5.43 Å². The summed E-state index contributed by atoms with van der Waals surface area (Å²) in [6, 6.07) is 5.24. The third-order valence-corrected chi connectivity index (χ3v) is 3.22. The Kier molecular flexibility index (Phi) is 4.42. The number of methoxy groups -OCH3 is 1. The zero-order valence-electron chi connectivity index (χ0n) is 10.9. The number of hydrazine groups is 1. The first-order valence-corrected chi connectivity index (χ1v) is 6.39. The average Bonchev–Trinajstić information content (AvgIpc) is 2.89. The summed E-state index contributed by atoms with van der Waals surface area (Å²) in [6.07, 6.45) is 3.74. The lowest BCUT2D eigenvalue weighted by molar-refractivity contribution is 0.404. The second kappa shape index (κ2) is 6.06. The van der Waals surface area contributed by atoms with Crippen molar-refractivity contribution >= 4 is 11.6 Å². The Morgan fingerprint density at radius 1 is 1.53 bits per heavy atom. The minimum atomic E-state index is -0.214. The predicted octanol–water partition coefficient (Wildman–Crippen LogP) is 2.12. The molecule has 0 amide bonds. The summed E-state index contributed by atoms with van der Waals surface area (Å²) in [6.45, 7) is 2.84. The van der Waals surface area contributed by atoms with E-state index < -0.39 is 0 Å². The zero-order valence-corrected chi connectivity index (χ0v) is 11.7. The van der Waals surface area contributed by atoms with Crippen LogP contribution in [0.2, 0.25) is 5.02 Å². The molecule has 0 fully saturated rings. The SMILES string of the molecule is CCn1cc(C(NN)c2cc(Cl)ccc2OC)cn1. The first-order valence-electron chi connectivity index (χ1n) is 6.01. The van der Waals surface area contributed by atoms with Crippen molar-refractivity contribution in [1.82, 2.24) is 15.2 Å². The van der Waals surface area contributed by atoms with Gasteiger partial charge < -0.3 is 4.74 Å². The standard InChI is InChI=1S/C13H17ClN4O/c1-3-18-8-9(7-16-18)13(17-15)11-6-10(14)4-5-12(11)19-2/h4-8,13,17H,3,15H2,1-2H3. The van der Waals surface area contributed by atoms with Gasteiger partial charge in [-0.1, -0.05) is 11.6 Å². The van der Waals surface area contributed by atoms with Crippen molar-refractivity contribution in [2.45, 2.75) is 19.5 Å². The van der Waals surface area contributed by atoms with E-state index >= 15 is 0 Å². The summed E-state index contributed by atoms with van der Waals surface area (Å²) in [5.74, 6) is 6.41. The Morgan fingerprint density at radius 3 is 2.89 bits per heavy atom. The summed E-state index contributed by atoms with van der Waals surface area (Å²) in [5.41, 5.74) is 4.63. The Hall–Kier alpha value is -1.56. The van der Waals surface area contributed by atoms with Crippen LogP contribution < -0.4 is 16.0 Å². The monoisotopic (exact) mass is 280 g/mol. The number of aromatic nitrogens is 2. The quantitative estimate of drug-likeness (QED) is 0.650. The van der Waals surface area contributed by atoms with Gasteiger partial charge in [-0.15, -0.1) is 0 Å². The molecule has 3 N–H and O–H groups in total. The smallest absolute Gasteiger partial charge is 0.124 e. The number of nitrogens with two attached hydrogens (primary N) is 1. The maximum Gasteiger partial charge on any atom is 0.124 e. The van der Waals surface area contributed by atoms with Gasteiger partial charge in [0, 0.05) is 28.9 Å². The van der Waals surface area contributed by atoms with E-state index in [4.69, 9.17) is 22.2 Å². The maximum atomic E-state index is 6.05. The Bertz CT molecular complexity index is 555. The number of aryl methyl sites for hydroxylation is 1. The van der Waals surface area contributed by atoms with Crippen molar-refractivity contribution in [2.75, 3.05) is 7.11 Å². The summed E-state index contributed by atoms with van der Waals surface area (Å²) in [4.78, 5) is 0. The molecule has 1 unspecified atom stereocenters. The number of nitrogens with one attached hydrogen (secondary N) is 1. The second-order valence-corrected chi connectivity index (χ2v) is 4.55. The van der Waals surface area contributed by atoms with Crippen LogP contribution in [0.5, 0.6) is 5.75 Å². The molecule has 0 aliphatic carbocycles. The molecule has 19 heavy (non-hydrogen) atoms. The van der Waals surface area contributed by atoms with Gasteiger partial charge in [0.15, 0.2) is 0 Å². The van der Waals surface area contributed by atoms with Crippen LogP contribution in [-0.4, -0.2) is 16.9 Å². The molecule has 6 heteroatoms. The van der Waals surface area contributed by atoms with E-state index in [2.05, 4.69) is 10.5 Å². The van der Waals surface area contributed by atoms with Crippen LogP contribution in [0.1, 0.15) is 24.1 Å². The highest BCUT2D eigenvalue weighted by Gasteiger charge is 2.19. The van der Waals surface area contributed by atoms with Crippen LogP contribution in [0.3, 0.4) is 0 Å². The Labute approximate surface area is 117 Å². The van der Waals surface area contributed by atoms with Gasteiger partial charge in [-0.2, -0.15) is 5.10 Å². The fourth-order valence-electron chi connectivity index (χ4n) is 2.00. The van der Waals surface area contributed by atoms with Gasteiger partial charge >= 0.3 is 0 Å². The lowest BCUT2D eigenvalue weighted by Crippen LogP contribution is -2.29. The normalized spacial score (nSPS) is 12.4. The van der Waals surface area contributed by atoms with E-state index in [9.17, 15) is 0 Å². The van der Waals surface area contributed by atoms with E-state index in [0.29, 0.717) is 5.02 Å². The number of benzene rings is 1. The Morgan fingerprint density at radius 2 is 2.32 bits per heavy atom. The molecule has 0 aliphatic rings. The van der Waals surface area contributed by atoms with E-state index in [1.807, 2.05) is 29.9 Å². The largest absolute Gasteiger partial charge is 0.496 e. The van der Waals surface area contributed by atoms with Crippen LogP contribution in [0.15, 0.2) is 30.6 Å². The van der Waals surface area contributed by atoms with Crippen molar-refractivity contribution in [3.8, 4) is 5.75 Å². The molecular formula is C13H17ClN4O. The summed E-state index contributed by atoms with van der Waals surface area (Å²) in [5, 5.41) is 4.89. The highest BCUT2D eigenvalue weighted by Crippen LogP contribution is 2.31. The van der Waals surface area contributed by atoms with Crippen LogP contribution in [0.4, 0.5) is 0 Å². The van der Waals surface area contributed by atoms with Crippen molar-refractivity contribution in [2.24, 2.45) is 5.84 Å². The molecule has 0 radical (unpaired) electrons. The van der Waals surface area contributed by atoms with Gasteiger partial charge in [0.1, 0.15) is 5.75 Å². The summed E-state index contributed by atoms with van der Waals surface area (Å²) >= 11 is 6.05. The van der Waals surface area contributed by atoms with Crippen molar-refractivity contribution in [3.05, 3.63) is 46.7 Å². The van der Waals surface area contributed by atoms with Gasteiger partial charge in [-0.05, 0) is 25.1 Å². The van der Waals surface area contributed by atoms with E-state index in [1.165, 1.54) is 0 Å². The molecule has 0 saturated carbocycles. The molecule has 1 atom stereocenters. The van der Waals surface area contributed by atoms with Crippen LogP contribution in [0, 0.1) is 0 Å². The van der Waals surface area contributed by atoms with Gasteiger partial charge in [0.25, 0.3) is 0 Å². The van der Waals surface area contributed by atoms with Crippen LogP contribution >= 0.6 is 11.6 Å². The molecule has 1 heterocycles. The number of rotatable bonds is 5. The lowest BCUT2D eigenvalue weighted by Gasteiger charge is -2.18. The molecule has 5 nitrogen and oxygen atoms in total. The first kappa shape index (κ1) is 13.9. The molecule has 1 aromatic carbocycles. The topological polar surface area (TPSA) is 65.1 Å². The van der Waals surface area contributed by atoms with E-state index in [1.54, 1.807) is 19.4 Å². The highest BCUT2D eigenvalue weighted by atomic mass is 35.5. The second-order valence-electron chi connectivity index (χ2n) is 4.12. The molecule has 2 aromatic rings. The number of halogens is 1. The predicted molar refractivity (Wildman–Crippen MR) is 75.1 cm³/mol. The highest BCUT2D eigenvalue weighted by molar-refractivity contribution is 6.30. The van der Waals surface area contributed by atoms with Crippen molar-refractivity contribution < 1.29 is 4.74 Å². The van der Waals surface area contributed by atoms with E-state index in [0.717, 1.165) is 23.4 Å². The summed E-state index contributed by atoms with van der Waals surface area (Å²) < 4.78 is 7.20. The minimum Gasteiger partial charge on any atom is -0.496 e. The summed E-state index contributed by atoms with van der Waals surface area (Å²) in [7, 11) is 1.62. The van der Waals surface area contributed by atoms with Crippen LogP contribution in [-0.2, 0) is 6.54 Å². The van der Waals surface area contributed by atoms with Crippen LogP contribution in [0.25, 0.3) is 0 Å². The average molecular weight is 281 g/mol. The first-order chi connectivity index (χ1) is 9.19. The Balaban J connectivity index is 2.43.